The maximum absolute atomic E-state index is 3.84. The second-order valence-electron chi connectivity index (χ2n) is 4.56. The molecular formula is C12H24. The highest BCUT2D eigenvalue weighted by molar-refractivity contribution is 4.81. The van der Waals surface area contributed by atoms with Crippen LogP contribution in [-0.4, -0.2) is 0 Å². The van der Waals surface area contributed by atoms with Crippen LogP contribution in [0.1, 0.15) is 41.0 Å². The van der Waals surface area contributed by atoms with Crippen LogP contribution in [0.3, 0.4) is 0 Å². The summed E-state index contributed by atoms with van der Waals surface area (Å²) in [7, 11) is 0. The molecule has 0 saturated carbocycles. The Hall–Kier alpha value is -0.260. The number of rotatable bonds is 5. The second kappa shape index (κ2) is 5.40. The van der Waals surface area contributed by atoms with Gasteiger partial charge in [0.1, 0.15) is 0 Å². The molecule has 0 aliphatic heterocycles. The molecular weight excluding hydrogens is 144 g/mol. The summed E-state index contributed by atoms with van der Waals surface area (Å²) in [6.45, 7) is 15.4. The van der Waals surface area contributed by atoms with Gasteiger partial charge in [-0.3, -0.25) is 0 Å². The van der Waals surface area contributed by atoms with Gasteiger partial charge in [0.05, 0.1) is 0 Å². The molecule has 0 aliphatic rings. The smallest absolute Gasteiger partial charge is 0.0236 e. The van der Waals surface area contributed by atoms with Crippen molar-refractivity contribution < 1.29 is 0 Å². The molecule has 0 spiro atoms. The van der Waals surface area contributed by atoms with E-state index in [2.05, 4.69) is 47.3 Å². The van der Waals surface area contributed by atoms with Crippen molar-refractivity contribution in [3.05, 3.63) is 12.7 Å². The van der Waals surface area contributed by atoms with Gasteiger partial charge in [-0.15, -0.1) is 6.58 Å². The molecule has 0 amide bonds. The highest BCUT2D eigenvalue weighted by atomic mass is 14.2. The maximum Gasteiger partial charge on any atom is -0.0236 e. The summed E-state index contributed by atoms with van der Waals surface area (Å²) < 4.78 is 0. The molecule has 0 nitrogen and oxygen atoms in total. The van der Waals surface area contributed by atoms with E-state index in [0.29, 0.717) is 5.92 Å². The molecule has 0 radical (unpaired) electrons. The first-order valence-electron chi connectivity index (χ1n) is 5.11. The molecule has 0 aromatic carbocycles. The summed E-state index contributed by atoms with van der Waals surface area (Å²) >= 11 is 0. The van der Waals surface area contributed by atoms with Gasteiger partial charge < -0.3 is 0 Å². The van der Waals surface area contributed by atoms with Crippen molar-refractivity contribution in [1.29, 1.82) is 0 Å². The minimum atomic E-state index is 0.652. The minimum absolute atomic E-state index is 0.652. The zero-order valence-electron chi connectivity index (χ0n) is 9.30. The maximum atomic E-state index is 3.84. The first kappa shape index (κ1) is 11.7. The summed E-state index contributed by atoms with van der Waals surface area (Å²) in [4.78, 5) is 0. The summed E-state index contributed by atoms with van der Waals surface area (Å²) in [5, 5.41) is 0. The lowest BCUT2D eigenvalue weighted by Gasteiger charge is -2.25. The third kappa shape index (κ3) is 3.94. The Morgan fingerprint density at radius 3 is 1.92 bits per heavy atom. The van der Waals surface area contributed by atoms with E-state index in [4.69, 9.17) is 0 Å². The van der Waals surface area contributed by atoms with Crippen LogP contribution in [0.4, 0.5) is 0 Å². The molecule has 0 rings (SSSR count). The second-order valence-corrected chi connectivity index (χ2v) is 4.56. The van der Waals surface area contributed by atoms with Gasteiger partial charge in [-0.05, 0) is 30.1 Å². The molecule has 0 N–H and O–H groups in total. The Labute approximate surface area is 78.1 Å². The predicted octanol–water partition coefficient (Wildman–Crippen LogP) is 4.13. The van der Waals surface area contributed by atoms with Crippen molar-refractivity contribution in [3.63, 3.8) is 0 Å². The Morgan fingerprint density at radius 1 is 1.08 bits per heavy atom. The lowest BCUT2D eigenvalue weighted by atomic mass is 9.81. The summed E-state index contributed by atoms with van der Waals surface area (Å²) in [5.74, 6) is 3.06. The first-order chi connectivity index (χ1) is 5.49. The molecule has 0 bridgehead atoms. The van der Waals surface area contributed by atoms with Crippen LogP contribution in [0.15, 0.2) is 12.7 Å². The van der Waals surface area contributed by atoms with Crippen molar-refractivity contribution in [2.24, 2.45) is 23.7 Å². The highest BCUT2D eigenvalue weighted by Gasteiger charge is 2.17. The Morgan fingerprint density at radius 2 is 1.58 bits per heavy atom. The first-order valence-corrected chi connectivity index (χ1v) is 5.11. The molecule has 3 unspecified atom stereocenters. The predicted molar refractivity (Wildman–Crippen MR) is 57.1 cm³/mol. The molecule has 0 aromatic heterocycles. The zero-order valence-corrected chi connectivity index (χ0v) is 9.30. The fraction of sp³-hybridized carbons (Fsp3) is 0.833. The summed E-state index contributed by atoms with van der Waals surface area (Å²) in [6.07, 6.45) is 3.40. The van der Waals surface area contributed by atoms with Crippen LogP contribution in [-0.2, 0) is 0 Å². The van der Waals surface area contributed by atoms with Gasteiger partial charge in [0.25, 0.3) is 0 Å². The molecule has 0 aromatic rings. The van der Waals surface area contributed by atoms with Gasteiger partial charge in [-0.1, -0.05) is 40.7 Å². The van der Waals surface area contributed by atoms with Crippen LogP contribution in [0.25, 0.3) is 0 Å². The van der Waals surface area contributed by atoms with E-state index in [1.807, 2.05) is 0 Å². The lowest BCUT2D eigenvalue weighted by Crippen LogP contribution is -2.16. The van der Waals surface area contributed by atoms with E-state index >= 15 is 0 Å². The van der Waals surface area contributed by atoms with Crippen molar-refractivity contribution in [2.45, 2.75) is 41.0 Å². The molecule has 0 heteroatoms. The Kier molecular flexibility index (Phi) is 5.28. The number of hydrogen-bond donors (Lipinski definition) is 0. The van der Waals surface area contributed by atoms with E-state index in [9.17, 15) is 0 Å². The molecule has 0 aliphatic carbocycles. The quantitative estimate of drug-likeness (QED) is 0.541. The highest BCUT2D eigenvalue weighted by Crippen LogP contribution is 2.26. The zero-order chi connectivity index (χ0) is 9.72. The van der Waals surface area contributed by atoms with Crippen molar-refractivity contribution >= 4 is 0 Å². The van der Waals surface area contributed by atoms with Crippen LogP contribution in [0.5, 0.6) is 0 Å². The average molecular weight is 168 g/mol. The van der Waals surface area contributed by atoms with Crippen LogP contribution < -0.4 is 0 Å². The molecule has 0 saturated heterocycles. The van der Waals surface area contributed by atoms with Crippen LogP contribution in [0.2, 0.25) is 0 Å². The Bertz CT molecular complexity index is 124. The van der Waals surface area contributed by atoms with E-state index in [1.165, 1.54) is 6.42 Å². The third-order valence-electron chi connectivity index (χ3n) is 2.94. The lowest BCUT2D eigenvalue weighted by molar-refractivity contribution is 0.276. The van der Waals surface area contributed by atoms with E-state index in [1.54, 1.807) is 0 Å². The normalized spacial score (nSPS) is 18.8. The SMILES string of the molecule is C=CC(C)C(C)C(C)CC(C)C. The van der Waals surface area contributed by atoms with Gasteiger partial charge >= 0.3 is 0 Å². The van der Waals surface area contributed by atoms with Crippen molar-refractivity contribution in [3.8, 4) is 0 Å². The summed E-state index contributed by atoms with van der Waals surface area (Å²) in [5.41, 5.74) is 0. The molecule has 3 atom stereocenters. The summed E-state index contributed by atoms with van der Waals surface area (Å²) in [6, 6.07) is 0. The van der Waals surface area contributed by atoms with Gasteiger partial charge in [-0.25, -0.2) is 0 Å². The average Bonchev–Trinajstić information content (AvgIpc) is 2.00. The molecule has 0 fully saturated rings. The van der Waals surface area contributed by atoms with Crippen molar-refractivity contribution in [1.82, 2.24) is 0 Å². The largest absolute Gasteiger partial charge is 0.103 e. The topological polar surface area (TPSA) is 0 Å². The van der Waals surface area contributed by atoms with E-state index in [-0.39, 0.29) is 0 Å². The van der Waals surface area contributed by atoms with Crippen LogP contribution in [0, 0.1) is 23.7 Å². The van der Waals surface area contributed by atoms with Crippen LogP contribution >= 0.6 is 0 Å². The fourth-order valence-corrected chi connectivity index (χ4v) is 1.69. The van der Waals surface area contributed by atoms with E-state index in [0.717, 1.165) is 17.8 Å². The third-order valence-corrected chi connectivity index (χ3v) is 2.94. The standard InChI is InChI=1S/C12H24/c1-7-10(4)12(6)11(5)8-9(2)3/h7,9-12H,1,8H2,2-6H3. The van der Waals surface area contributed by atoms with E-state index < -0.39 is 0 Å². The fourth-order valence-electron chi connectivity index (χ4n) is 1.69. The van der Waals surface area contributed by atoms with Crippen molar-refractivity contribution in [2.75, 3.05) is 0 Å². The molecule has 72 valence electrons. The number of allylic oxidation sites excluding steroid dienone is 1. The monoisotopic (exact) mass is 168 g/mol. The van der Waals surface area contributed by atoms with Gasteiger partial charge in [0, 0.05) is 0 Å². The Balaban J connectivity index is 3.91. The van der Waals surface area contributed by atoms with Gasteiger partial charge in [0.2, 0.25) is 0 Å². The molecule has 0 heterocycles. The molecule has 12 heavy (non-hydrogen) atoms. The van der Waals surface area contributed by atoms with Gasteiger partial charge in [0.15, 0.2) is 0 Å². The minimum Gasteiger partial charge on any atom is -0.103 e. The number of hydrogen-bond acceptors (Lipinski definition) is 0. The van der Waals surface area contributed by atoms with Gasteiger partial charge in [-0.2, -0.15) is 0 Å².